The third-order valence-electron chi connectivity index (χ3n) is 6.24. The second-order valence-corrected chi connectivity index (χ2v) is 17.3. The molecule has 0 aromatic carbocycles. The summed E-state index contributed by atoms with van der Waals surface area (Å²) in [5, 5.41) is 16.0. The Morgan fingerprint density at radius 2 is 1.11 bits per heavy atom. The molecule has 2 rings (SSSR count). The molecule has 0 amide bonds. The van der Waals surface area contributed by atoms with Crippen LogP contribution in [0.2, 0.25) is 0 Å². The lowest BCUT2D eigenvalue weighted by atomic mass is 10.2. The lowest BCUT2D eigenvalue weighted by molar-refractivity contribution is -0.121. The predicted molar refractivity (Wildman–Crippen MR) is 187 cm³/mol. The van der Waals surface area contributed by atoms with Crippen LogP contribution in [0.4, 0.5) is 0 Å². The number of likely N-dealkylation sites (N-methyl/N-ethyl adjacent to an activating group) is 2. The van der Waals surface area contributed by atoms with Crippen molar-refractivity contribution in [1.29, 1.82) is 0 Å². The van der Waals surface area contributed by atoms with Gasteiger partial charge in [0, 0.05) is 51.9 Å². The molecule has 0 saturated carbocycles. The zero-order chi connectivity index (χ0) is 32.5. The molecule has 2 aliphatic rings. The van der Waals surface area contributed by atoms with Crippen LogP contribution in [0.25, 0.3) is 0 Å². The van der Waals surface area contributed by atoms with Gasteiger partial charge in [-0.05, 0) is 26.9 Å². The van der Waals surface area contributed by atoms with Gasteiger partial charge in [-0.1, -0.05) is 78.6 Å². The van der Waals surface area contributed by atoms with Gasteiger partial charge in [-0.15, -0.1) is 0 Å². The van der Waals surface area contributed by atoms with E-state index in [-0.39, 0.29) is 58.3 Å². The average molecular weight is 729 g/mol. The SMILES string of the molecule is CCNC(SSC(NCC)C(=O)CCNC1SSC(C(C)=O)NCCC1=O)C(=O)CCNC1SSC(C(C)=O)NCCC1=O. The van der Waals surface area contributed by atoms with Crippen LogP contribution in [0.1, 0.15) is 53.4 Å². The minimum Gasteiger partial charge on any atom is -0.299 e. The Labute approximate surface area is 283 Å². The summed E-state index contributed by atoms with van der Waals surface area (Å²) in [6.45, 7) is 9.48. The number of carbonyl (C=O) groups excluding carboxylic acids is 6. The predicted octanol–water partition coefficient (Wildman–Crippen LogP) is 1.71. The maximum atomic E-state index is 13.1. The van der Waals surface area contributed by atoms with Gasteiger partial charge >= 0.3 is 0 Å². The summed E-state index contributed by atoms with van der Waals surface area (Å²) < 4.78 is 0. The fourth-order valence-corrected chi connectivity index (χ4v) is 12.2. The van der Waals surface area contributed by atoms with Crippen molar-refractivity contribution in [2.45, 2.75) is 85.6 Å². The van der Waals surface area contributed by atoms with E-state index in [1.807, 2.05) is 13.8 Å². The number of rotatable bonds is 19. The summed E-state index contributed by atoms with van der Waals surface area (Å²) in [7, 11) is 7.83. The largest absolute Gasteiger partial charge is 0.299 e. The summed E-state index contributed by atoms with van der Waals surface area (Å²) in [4.78, 5) is 74.7. The van der Waals surface area contributed by atoms with Gasteiger partial charge < -0.3 is 0 Å². The molecule has 0 aliphatic carbocycles. The molecule has 0 aromatic rings. The molecule has 12 nitrogen and oxygen atoms in total. The topological polar surface area (TPSA) is 175 Å². The van der Waals surface area contributed by atoms with Gasteiger partial charge in [-0.25, -0.2) is 0 Å². The minimum atomic E-state index is -0.538. The van der Waals surface area contributed by atoms with E-state index in [4.69, 9.17) is 0 Å². The smallest absolute Gasteiger partial charge is 0.162 e. The van der Waals surface area contributed by atoms with Crippen LogP contribution in [0.15, 0.2) is 0 Å². The van der Waals surface area contributed by atoms with E-state index in [1.165, 1.54) is 78.6 Å². The standard InChI is InChI=1S/C26H44N6O6S6/c1-5-27-23(17(35)9-13-31-25-19(37)7-11-29-21(15(3)33)39-43-25)41-42-24(28-6-2)18(36)10-14-32-26-20(38)8-12-30-22(16(4)34)40-44-26/h21-32H,5-14H2,1-4H3. The summed E-state index contributed by atoms with van der Waals surface area (Å²) in [5.41, 5.74) is 0. The summed E-state index contributed by atoms with van der Waals surface area (Å²) in [6.07, 6.45) is 1.00. The Hall–Kier alpha value is -0.120. The molecule has 0 aromatic heterocycles. The van der Waals surface area contributed by atoms with Crippen molar-refractivity contribution < 1.29 is 28.8 Å². The van der Waals surface area contributed by atoms with Crippen LogP contribution in [0.5, 0.6) is 0 Å². The Kier molecular flexibility index (Phi) is 20.4. The van der Waals surface area contributed by atoms with Gasteiger partial charge in [0.1, 0.15) is 32.2 Å². The molecule has 44 heavy (non-hydrogen) atoms. The van der Waals surface area contributed by atoms with Crippen molar-refractivity contribution in [2.24, 2.45) is 0 Å². The molecular weight excluding hydrogens is 685 g/mol. The van der Waals surface area contributed by atoms with E-state index in [1.54, 1.807) is 0 Å². The molecule has 18 heteroatoms. The van der Waals surface area contributed by atoms with Crippen LogP contribution in [-0.4, -0.2) is 106 Å². The number of Topliss-reactive ketones (excluding diaryl/α,β-unsaturated/α-hetero) is 6. The fourth-order valence-electron chi connectivity index (χ4n) is 3.83. The first-order valence-corrected chi connectivity index (χ1v) is 21.4. The van der Waals surface area contributed by atoms with Gasteiger partial charge in [0.05, 0.1) is 0 Å². The molecule has 6 N–H and O–H groups in total. The molecule has 0 radical (unpaired) electrons. The zero-order valence-corrected chi connectivity index (χ0v) is 30.3. The Morgan fingerprint density at radius 1 is 0.727 bits per heavy atom. The first-order chi connectivity index (χ1) is 21.1. The van der Waals surface area contributed by atoms with Crippen molar-refractivity contribution in [3.05, 3.63) is 0 Å². The number of hydrogen-bond donors (Lipinski definition) is 6. The molecular formula is C26H44N6O6S6. The van der Waals surface area contributed by atoms with Crippen LogP contribution in [-0.2, 0) is 28.8 Å². The van der Waals surface area contributed by atoms with E-state index >= 15 is 0 Å². The van der Waals surface area contributed by atoms with Crippen molar-refractivity contribution in [1.82, 2.24) is 31.9 Å². The van der Waals surface area contributed by atoms with E-state index in [9.17, 15) is 28.8 Å². The zero-order valence-electron chi connectivity index (χ0n) is 25.4. The van der Waals surface area contributed by atoms with Crippen LogP contribution < -0.4 is 31.9 Å². The molecule has 2 fully saturated rings. The molecule has 6 unspecified atom stereocenters. The molecule has 250 valence electrons. The maximum absolute atomic E-state index is 13.1. The third kappa shape index (κ3) is 14.8. The Morgan fingerprint density at radius 3 is 1.45 bits per heavy atom. The number of hydrogen-bond acceptors (Lipinski definition) is 18. The number of nitrogens with one attached hydrogen (secondary N) is 6. The monoisotopic (exact) mass is 728 g/mol. The van der Waals surface area contributed by atoms with Crippen LogP contribution >= 0.6 is 64.8 Å². The highest BCUT2D eigenvalue weighted by Gasteiger charge is 2.29. The lowest BCUT2D eigenvalue weighted by Gasteiger charge is -2.24. The van der Waals surface area contributed by atoms with Crippen molar-refractivity contribution >= 4 is 99.5 Å². The van der Waals surface area contributed by atoms with Gasteiger partial charge in [-0.3, -0.25) is 60.7 Å². The Bertz CT molecular complexity index is 921. The van der Waals surface area contributed by atoms with E-state index in [2.05, 4.69) is 31.9 Å². The maximum Gasteiger partial charge on any atom is 0.162 e. The molecule has 0 bridgehead atoms. The normalized spacial score (nSPS) is 24.8. The van der Waals surface area contributed by atoms with Gasteiger partial charge in [0.2, 0.25) is 0 Å². The first-order valence-electron chi connectivity index (χ1n) is 14.6. The second-order valence-electron chi connectivity index (χ2n) is 9.88. The molecule has 2 aliphatic heterocycles. The molecule has 6 atom stereocenters. The van der Waals surface area contributed by atoms with Crippen molar-refractivity contribution in [3.8, 4) is 0 Å². The fraction of sp³-hybridized carbons (Fsp3) is 0.769. The van der Waals surface area contributed by atoms with E-state index < -0.39 is 21.5 Å². The minimum absolute atomic E-state index is 0.00390. The Balaban J connectivity index is 1.83. The summed E-state index contributed by atoms with van der Waals surface area (Å²) in [6, 6.07) is 0. The summed E-state index contributed by atoms with van der Waals surface area (Å²) in [5.74, 6) is -0.0409. The highest BCUT2D eigenvalue weighted by molar-refractivity contribution is 8.78. The average Bonchev–Trinajstić information content (AvgIpc) is 2.96. The van der Waals surface area contributed by atoms with E-state index in [0.29, 0.717) is 52.1 Å². The van der Waals surface area contributed by atoms with Crippen molar-refractivity contribution in [2.75, 3.05) is 39.3 Å². The summed E-state index contributed by atoms with van der Waals surface area (Å²) >= 11 is 0. The third-order valence-corrected chi connectivity index (χ3v) is 14.9. The molecule has 2 saturated heterocycles. The quantitative estimate of drug-likeness (QED) is 0.0837. The second kappa shape index (κ2) is 22.4. The first kappa shape index (κ1) is 40.1. The molecule has 0 spiro atoms. The molecule has 2 heterocycles. The van der Waals surface area contributed by atoms with E-state index in [0.717, 1.165) is 0 Å². The number of ketones is 6. The van der Waals surface area contributed by atoms with Crippen LogP contribution in [0.3, 0.4) is 0 Å². The lowest BCUT2D eigenvalue weighted by Crippen LogP contribution is -2.42. The number of carbonyl (C=O) groups is 6. The van der Waals surface area contributed by atoms with Crippen molar-refractivity contribution in [3.63, 3.8) is 0 Å². The highest BCUT2D eigenvalue weighted by Crippen LogP contribution is 2.34. The van der Waals surface area contributed by atoms with Gasteiger partial charge in [0.15, 0.2) is 34.7 Å². The highest BCUT2D eigenvalue weighted by atomic mass is 33.1. The van der Waals surface area contributed by atoms with Gasteiger partial charge in [-0.2, -0.15) is 0 Å². The van der Waals surface area contributed by atoms with Gasteiger partial charge in [0.25, 0.3) is 0 Å². The van der Waals surface area contributed by atoms with Crippen LogP contribution in [0, 0.1) is 0 Å².